The van der Waals surface area contributed by atoms with Gasteiger partial charge in [0, 0.05) is 20.1 Å². The second-order valence-corrected chi connectivity index (χ2v) is 5.07. The molecule has 0 aliphatic heterocycles. The van der Waals surface area contributed by atoms with Gasteiger partial charge in [-0.05, 0) is 25.2 Å². The molecule has 0 radical (unpaired) electrons. The highest BCUT2D eigenvalue weighted by atomic mass is 15.2. The molecule has 0 amide bonds. The molecule has 1 aliphatic carbocycles. The molecule has 0 aromatic heterocycles. The summed E-state index contributed by atoms with van der Waals surface area (Å²) in [5.41, 5.74) is 0. The van der Waals surface area contributed by atoms with Crippen LogP contribution in [0.1, 0.15) is 58.3 Å². The monoisotopic (exact) mass is 239 g/mol. The summed E-state index contributed by atoms with van der Waals surface area (Å²) in [7, 11) is 1.84. The number of rotatable bonds is 6. The van der Waals surface area contributed by atoms with Crippen LogP contribution in [0, 0.1) is 5.92 Å². The van der Waals surface area contributed by atoms with Crippen LogP contribution in [0.4, 0.5) is 0 Å². The van der Waals surface area contributed by atoms with Crippen molar-refractivity contribution in [2.24, 2.45) is 10.9 Å². The summed E-state index contributed by atoms with van der Waals surface area (Å²) < 4.78 is 0. The summed E-state index contributed by atoms with van der Waals surface area (Å²) in [6.45, 7) is 4.23. The maximum absolute atomic E-state index is 4.20. The molecule has 0 aromatic rings. The van der Waals surface area contributed by atoms with Crippen LogP contribution in [0.15, 0.2) is 4.99 Å². The molecule has 1 fully saturated rings. The van der Waals surface area contributed by atoms with Crippen LogP contribution in [0.3, 0.4) is 0 Å². The first-order valence-corrected chi connectivity index (χ1v) is 7.31. The first-order chi connectivity index (χ1) is 8.36. The van der Waals surface area contributed by atoms with Gasteiger partial charge in [-0.25, -0.2) is 0 Å². The summed E-state index contributed by atoms with van der Waals surface area (Å²) >= 11 is 0. The lowest BCUT2D eigenvalue weighted by Gasteiger charge is -2.21. The summed E-state index contributed by atoms with van der Waals surface area (Å²) in [4.78, 5) is 4.20. The lowest BCUT2D eigenvalue weighted by molar-refractivity contribution is 0.332. The minimum atomic E-state index is 0.954. The number of hydrogen-bond acceptors (Lipinski definition) is 1. The molecule has 100 valence electrons. The normalized spacial score (nSPS) is 18.1. The number of aliphatic imine (C=N–C) groups is 1. The molecule has 17 heavy (non-hydrogen) atoms. The predicted molar refractivity (Wildman–Crippen MR) is 75.5 cm³/mol. The van der Waals surface area contributed by atoms with Crippen LogP contribution in [-0.2, 0) is 0 Å². The van der Waals surface area contributed by atoms with Crippen molar-refractivity contribution in [1.29, 1.82) is 0 Å². The molecule has 0 bridgehead atoms. The SMILES string of the molecule is CCCNC(=NC)NCCCC1CCCCC1. The fraction of sp³-hybridized carbons (Fsp3) is 0.929. The lowest BCUT2D eigenvalue weighted by Crippen LogP contribution is -2.38. The molecule has 0 saturated heterocycles. The summed E-state index contributed by atoms with van der Waals surface area (Å²) in [5, 5.41) is 6.68. The minimum Gasteiger partial charge on any atom is -0.356 e. The first kappa shape index (κ1) is 14.3. The Morgan fingerprint density at radius 1 is 1.12 bits per heavy atom. The van der Waals surface area contributed by atoms with Crippen molar-refractivity contribution in [2.75, 3.05) is 20.1 Å². The van der Waals surface area contributed by atoms with Crippen molar-refractivity contribution >= 4 is 5.96 Å². The van der Waals surface area contributed by atoms with E-state index in [1.165, 1.54) is 44.9 Å². The molecule has 3 heteroatoms. The molecule has 1 rings (SSSR count). The second-order valence-electron chi connectivity index (χ2n) is 5.07. The molecule has 0 heterocycles. The van der Waals surface area contributed by atoms with E-state index >= 15 is 0 Å². The van der Waals surface area contributed by atoms with E-state index in [9.17, 15) is 0 Å². The minimum absolute atomic E-state index is 0.954. The highest BCUT2D eigenvalue weighted by Crippen LogP contribution is 2.26. The quantitative estimate of drug-likeness (QED) is 0.425. The molecular formula is C14H29N3. The highest BCUT2D eigenvalue weighted by Gasteiger charge is 2.12. The van der Waals surface area contributed by atoms with Gasteiger partial charge in [-0.15, -0.1) is 0 Å². The van der Waals surface area contributed by atoms with Crippen molar-refractivity contribution in [2.45, 2.75) is 58.3 Å². The Balaban J connectivity index is 2.01. The van der Waals surface area contributed by atoms with Gasteiger partial charge < -0.3 is 10.6 Å². The Morgan fingerprint density at radius 3 is 2.47 bits per heavy atom. The summed E-state index contributed by atoms with van der Waals surface area (Å²) in [5.74, 6) is 1.95. The largest absolute Gasteiger partial charge is 0.356 e. The molecule has 1 saturated carbocycles. The van der Waals surface area contributed by atoms with Gasteiger partial charge >= 0.3 is 0 Å². The Kier molecular flexibility index (Phi) is 7.85. The van der Waals surface area contributed by atoms with Gasteiger partial charge in [0.25, 0.3) is 0 Å². The standard InChI is InChI=1S/C14H29N3/c1-3-11-16-14(15-2)17-12-7-10-13-8-5-4-6-9-13/h13H,3-12H2,1-2H3,(H2,15,16,17). The predicted octanol–water partition coefficient (Wildman–Crippen LogP) is 2.92. The number of guanidine groups is 1. The van der Waals surface area contributed by atoms with E-state index in [1.54, 1.807) is 0 Å². The van der Waals surface area contributed by atoms with Gasteiger partial charge in [-0.1, -0.05) is 39.0 Å². The van der Waals surface area contributed by atoms with E-state index in [1.807, 2.05) is 7.05 Å². The van der Waals surface area contributed by atoms with Crippen LogP contribution in [0.2, 0.25) is 0 Å². The van der Waals surface area contributed by atoms with E-state index in [0.717, 1.165) is 31.4 Å². The Labute approximate surface area is 106 Å². The van der Waals surface area contributed by atoms with Gasteiger partial charge in [0.15, 0.2) is 5.96 Å². The maximum atomic E-state index is 4.20. The van der Waals surface area contributed by atoms with E-state index < -0.39 is 0 Å². The van der Waals surface area contributed by atoms with Gasteiger partial charge in [0.05, 0.1) is 0 Å². The van der Waals surface area contributed by atoms with E-state index in [0.29, 0.717) is 0 Å². The smallest absolute Gasteiger partial charge is 0.190 e. The summed E-state index contributed by atoms with van der Waals surface area (Å²) in [6, 6.07) is 0. The maximum Gasteiger partial charge on any atom is 0.190 e. The van der Waals surface area contributed by atoms with E-state index in [2.05, 4.69) is 22.5 Å². The van der Waals surface area contributed by atoms with Crippen molar-refractivity contribution in [3.05, 3.63) is 0 Å². The molecule has 3 nitrogen and oxygen atoms in total. The van der Waals surface area contributed by atoms with Crippen LogP contribution in [0.25, 0.3) is 0 Å². The fourth-order valence-corrected chi connectivity index (χ4v) is 2.54. The zero-order valence-electron chi connectivity index (χ0n) is 11.6. The average Bonchev–Trinajstić information content (AvgIpc) is 2.39. The number of nitrogens with one attached hydrogen (secondary N) is 2. The van der Waals surface area contributed by atoms with Crippen molar-refractivity contribution in [1.82, 2.24) is 10.6 Å². The van der Waals surface area contributed by atoms with Crippen molar-refractivity contribution in [3.63, 3.8) is 0 Å². The first-order valence-electron chi connectivity index (χ1n) is 7.31. The van der Waals surface area contributed by atoms with Crippen LogP contribution in [-0.4, -0.2) is 26.1 Å². The molecule has 0 unspecified atom stereocenters. The lowest BCUT2D eigenvalue weighted by atomic mass is 9.86. The third-order valence-electron chi connectivity index (χ3n) is 3.57. The van der Waals surface area contributed by atoms with E-state index in [-0.39, 0.29) is 0 Å². The number of nitrogens with zero attached hydrogens (tertiary/aromatic N) is 1. The topological polar surface area (TPSA) is 36.4 Å². The average molecular weight is 239 g/mol. The molecular weight excluding hydrogens is 210 g/mol. The van der Waals surface area contributed by atoms with Crippen LogP contribution < -0.4 is 10.6 Å². The fourth-order valence-electron chi connectivity index (χ4n) is 2.54. The molecule has 0 spiro atoms. The van der Waals surface area contributed by atoms with Crippen molar-refractivity contribution < 1.29 is 0 Å². The second kappa shape index (κ2) is 9.32. The Bertz CT molecular complexity index is 208. The molecule has 1 aliphatic rings. The number of hydrogen-bond donors (Lipinski definition) is 2. The molecule has 0 atom stereocenters. The van der Waals surface area contributed by atoms with Gasteiger partial charge in [0.1, 0.15) is 0 Å². The highest BCUT2D eigenvalue weighted by molar-refractivity contribution is 5.79. The zero-order chi connectivity index (χ0) is 12.3. The van der Waals surface area contributed by atoms with Crippen LogP contribution in [0.5, 0.6) is 0 Å². The zero-order valence-corrected chi connectivity index (χ0v) is 11.6. The third kappa shape index (κ3) is 6.54. The van der Waals surface area contributed by atoms with Gasteiger partial charge in [-0.2, -0.15) is 0 Å². The van der Waals surface area contributed by atoms with Crippen LogP contribution >= 0.6 is 0 Å². The van der Waals surface area contributed by atoms with Crippen molar-refractivity contribution in [3.8, 4) is 0 Å². The summed E-state index contributed by atoms with van der Waals surface area (Å²) in [6.07, 6.45) is 11.1. The molecule has 0 aromatic carbocycles. The Morgan fingerprint density at radius 2 is 1.82 bits per heavy atom. The van der Waals surface area contributed by atoms with E-state index in [4.69, 9.17) is 0 Å². The van der Waals surface area contributed by atoms with Gasteiger partial charge in [-0.3, -0.25) is 4.99 Å². The van der Waals surface area contributed by atoms with Gasteiger partial charge in [0.2, 0.25) is 0 Å². The third-order valence-corrected chi connectivity index (χ3v) is 3.57. The Hall–Kier alpha value is -0.730. The molecule has 2 N–H and O–H groups in total.